The fourth-order valence-electron chi connectivity index (χ4n) is 3.79. The van der Waals surface area contributed by atoms with E-state index in [2.05, 4.69) is 19.1 Å². The summed E-state index contributed by atoms with van der Waals surface area (Å²) in [5.41, 5.74) is 0.277. The van der Waals surface area contributed by atoms with Gasteiger partial charge in [0.2, 0.25) is 0 Å². The van der Waals surface area contributed by atoms with Crippen molar-refractivity contribution in [3.63, 3.8) is 0 Å². The summed E-state index contributed by atoms with van der Waals surface area (Å²) < 4.78 is 39.1. The molecular weight excluding hydrogens is 463 g/mol. The molecule has 0 radical (unpaired) electrons. The Balaban J connectivity index is 2.24. The lowest BCUT2D eigenvalue weighted by atomic mass is 10.1. The quantitative estimate of drug-likeness (QED) is 0.114. The zero-order chi connectivity index (χ0) is 25.2. The highest BCUT2D eigenvalue weighted by molar-refractivity contribution is 6.67. The predicted molar refractivity (Wildman–Crippen MR) is 134 cm³/mol. The average Bonchev–Trinajstić information content (AvgIpc) is 2.80. The van der Waals surface area contributed by atoms with Gasteiger partial charge >= 0.3 is 12.1 Å². The molecule has 7 heteroatoms. The molecule has 192 valence electrons. The maximum Gasteiger partial charge on any atom is 0.471 e. The number of unbranched alkanes of at least 4 members (excludes halogenated alkanes) is 12. The van der Waals surface area contributed by atoms with Crippen LogP contribution in [-0.4, -0.2) is 23.9 Å². The number of halogens is 4. The molecule has 0 fully saturated rings. The summed E-state index contributed by atoms with van der Waals surface area (Å²) in [5.74, 6) is -1.90. The van der Waals surface area contributed by atoms with E-state index < -0.39 is 17.3 Å². The standard InChI is InChI=1S/C27H39ClF3NO2/c1-2-3-4-5-6-7-8-9-10-11-12-13-14-15-16-17-22-32(26(34)27(29,30)31)24-20-18-23(19-21-24)25(28)33/h9-10,18-21H,2-8,11-17,22H2,1H3/b10-9+. The number of hydrogen-bond acceptors (Lipinski definition) is 2. The van der Waals surface area contributed by atoms with Crippen molar-refractivity contribution >= 4 is 28.4 Å². The molecule has 1 amide bonds. The highest BCUT2D eigenvalue weighted by atomic mass is 35.5. The molecule has 3 nitrogen and oxygen atoms in total. The molecule has 1 rings (SSSR count). The van der Waals surface area contributed by atoms with Gasteiger partial charge in [0.1, 0.15) is 0 Å². The zero-order valence-corrected chi connectivity index (χ0v) is 21.1. The van der Waals surface area contributed by atoms with E-state index in [4.69, 9.17) is 11.6 Å². The van der Waals surface area contributed by atoms with Crippen LogP contribution >= 0.6 is 11.6 Å². The van der Waals surface area contributed by atoms with Crippen molar-refractivity contribution in [1.29, 1.82) is 0 Å². The Morgan fingerprint density at radius 2 is 1.26 bits per heavy atom. The summed E-state index contributed by atoms with van der Waals surface area (Å²) in [4.78, 5) is 23.8. The van der Waals surface area contributed by atoms with E-state index in [0.29, 0.717) is 6.42 Å². The fourth-order valence-corrected chi connectivity index (χ4v) is 3.92. The summed E-state index contributed by atoms with van der Waals surface area (Å²) in [6.07, 6.45) is 15.1. The molecule has 0 N–H and O–H groups in total. The number of anilines is 1. The Labute approximate surface area is 207 Å². The zero-order valence-electron chi connectivity index (χ0n) is 20.3. The molecule has 1 aromatic rings. The number of alkyl halides is 3. The Hall–Kier alpha value is -1.82. The molecule has 0 bridgehead atoms. The van der Waals surface area contributed by atoms with Gasteiger partial charge in [-0.1, -0.05) is 76.9 Å². The second-order valence-electron chi connectivity index (χ2n) is 8.71. The number of carbonyl (C=O) groups excluding carboxylic acids is 2. The lowest BCUT2D eigenvalue weighted by molar-refractivity contribution is -0.170. The van der Waals surface area contributed by atoms with Crippen molar-refractivity contribution in [1.82, 2.24) is 0 Å². The van der Waals surface area contributed by atoms with Crippen molar-refractivity contribution in [3.8, 4) is 0 Å². The van der Waals surface area contributed by atoms with Crippen LogP contribution in [0.5, 0.6) is 0 Å². The van der Waals surface area contributed by atoms with Crippen LogP contribution in [0.1, 0.15) is 107 Å². The normalized spacial score (nSPS) is 11.8. The minimum Gasteiger partial charge on any atom is -0.305 e. The van der Waals surface area contributed by atoms with Crippen molar-refractivity contribution < 1.29 is 22.8 Å². The van der Waals surface area contributed by atoms with Crippen LogP contribution in [0.4, 0.5) is 18.9 Å². The largest absolute Gasteiger partial charge is 0.471 e. The van der Waals surface area contributed by atoms with E-state index in [9.17, 15) is 22.8 Å². The van der Waals surface area contributed by atoms with E-state index in [1.807, 2.05) is 0 Å². The van der Waals surface area contributed by atoms with Crippen LogP contribution in [0.25, 0.3) is 0 Å². The molecule has 0 heterocycles. The van der Waals surface area contributed by atoms with Crippen LogP contribution in [0, 0.1) is 0 Å². The first-order chi connectivity index (χ1) is 16.3. The van der Waals surface area contributed by atoms with Crippen LogP contribution < -0.4 is 4.90 Å². The third-order valence-corrected chi connectivity index (χ3v) is 6.01. The van der Waals surface area contributed by atoms with Gasteiger partial charge in [-0.25, -0.2) is 0 Å². The van der Waals surface area contributed by atoms with Gasteiger partial charge in [-0.2, -0.15) is 13.2 Å². The molecule has 0 aromatic heterocycles. The molecule has 0 unspecified atom stereocenters. The van der Waals surface area contributed by atoms with Gasteiger partial charge in [0.15, 0.2) is 0 Å². The van der Waals surface area contributed by atoms with E-state index in [0.717, 1.165) is 49.8 Å². The van der Waals surface area contributed by atoms with Crippen LogP contribution in [0.2, 0.25) is 0 Å². The van der Waals surface area contributed by atoms with Gasteiger partial charge in [0, 0.05) is 17.8 Å². The number of rotatable bonds is 18. The number of amides is 1. The first-order valence-electron chi connectivity index (χ1n) is 12.6. The Morgan fingerprint density at radius 3 is 1.74 bits per heavy atom. The fraction of sp³-hybridized carbons (Fsp3) is 0.630. The van der Waals surface area contributed by atoms with E-state index in [1.165, 1.54) is 62.8 Å². The summed E-state index contributed by atoms with van der Waals surface area (Å²) in [6.45, 7) is 2.21. The van der Waals surface area contributed by atoms with E-state index in [1.54, 1.807) is 0 Å². The second-order valence-corrected chi connectivity index (χ2v) is 9.06. The summed E-state index contributed by atoms with van der Waals surface area (Å²) in [5, 5.41) is -0.700. The first kappa shape index (κ1) is 30.2. The van der Waals surface area contributed by atoms with Crippen molar-refractivity contribution in [3.05, 3.63) is 42.0 Å². The van der Waals surface area contributed by atoms with Gasteiger partial charge in [-0.05, 0) is 68.0 Å². The van der Waals surface area contributed by atoms with Gasteiger partial charge in [0.25, 0.3) is 5.24 Å². The molecule has 0 aliphatic heterocycles. The van der Waals surface area contributed by atoms with Gasteiger partial charge in [0.05, 0.1) is 0 Å². The highest BCUT2D eigenvalue weighted by Gasteiger charge is 2.42. The van der Waals surface area contributed by atoms with Gasteiger partial charge in [-0.3, -0.25) is 9.59 Å². The molecule has 34 heavy (non-hydrogen) atoms. The highest BCUT2D eigenvalue weighted by Crippen LogP contribution is 2.25. The maximum absolute atomic E-state index is 13.0. The third kappa shape index (κ3) is 13.2. The van der Waals surface area contributed by atoms with Crippen LogP contribution in [-0.2, 0) is 4.79 Å². The van der Waals surface area contributed by atoms with Crippen LogP contribution in [0.3, 0.4) is 0 Å². The molecule has 0 spiro atoms. The Morgan fingerprint density at radius 1 is 0.794 bits per heavy atom. The Kier molecular flexibility index (Phi) is 15.6. The second kappa shape index (κ2) is 17.6. The van der Waals surface area contributed by atoms with Crippen molar-refractivity contribution in [2.24, 2.45) is 0 Å². The minimum atomic E-state index is -4.95. The summed E-state index contributed by atoms with van der Waals surface area (Å²) >= 11 is 5.38. The summed E-state index contributed by atoms with van der Waals surface area (Å²) in [7, 11) is 0. The lowest BCUT2D eigenvalue weighted by Gasteiger charge is -2.24. The topological polar surface area (TPSA) is 37.4 Å². The van der Waals surface area contributed by atoms with Gasteiger partial charge < -0.3 is 4.90 Å². The molecule has 0 aliphatic rings. The molecular formula is C27H39ClF3NO2. The molecule has 0 aliphatic carbocycles. The van der Waals surface area contributed by atoms with Crippen LogP contribution in [0.15, 0.2) is 36.4 Å². The van der Waals surface area contributed by atoms with E-state index in [-0.39, 0.29) is 17.8 Å². The number of nitrogens with zero attached hydrogens (tertiary/aromatic N) is 1. The SMILES string of the molecule is CCCCCCCC/C=C/CCCCCCCCN(C(=O)C(F)(F)F)c1ccc(C(=O)Cl)cc1. The monoisotopic (exact) mass is 501 g/mol. The molecule has 0 saturated carbocycles. The lowest BCUT2D eigenvalue weighted by Crippen LogP contribution is -2.41. The maximum atomic E-state index is 13.0. The van der Waals surface area contributed by atoms with Crippen molar-refractivity contribution in [2.45, 2.75) is 103 Å². The third-order valence-electron chi connectivity index (χ3n) is 5.79. The summed E-state index contributed by atoms with van der Waals surface area (Å²) in [6, 6.07) is 5.28. The Bertz CT molecular complexity index is 732. The molecule has 1 aromatic carbocycles. The van der Waals surface area contributed by atoms with Crippen molar-refractivity contribution in [2.75, 3.05) is 11.4 Å². The van der Waals surface area contributed by atoms with Gasteiger partial charge in [-0.15, -0.1) is 0 Å². The molecule has 0 saturated heterocycles. The average molecular weight is 502 g/mol. The number of hydrogen-bond donors (Lipinski definition) is 0. The van der Waals surface area contributed by atoms with E-state index >= 15 is 0 Å². The smallest absolute Gasteiger partial charge is 0.305 e. The number of carbonyl (C=O) groups is 2. The number of allylic oxidation sites excluding steroid dienone is 2. The predicted octanol–water partition coefficient (Wildman–Crippen LogP) is 9.00. The first-order valence-corrected chi connectivity index (χ1v) is 13.0. The number of benzene rings is 1. The minimum absolute atomic E-state index is 0.0201. The molecule has 0 atom stereocenters.